The molecule has 3 N–H and O–H groups in total. The molecule has 0 bridgehead atoms. The van der Waals surface area contributed by atoms with Gasteiger partial charge < -0.3 is 11.1 Å². The third kappa shape index (κ3) is 3.11. The van der Waals surface area contributed by atoms with E-state index in [0.717, 1.165) is 25.2 Å². The Kier molecular flexibility index (Phi) is 5.06. The van der Waals surface area contributed by atoms with E-state index in [4.69, 9.17) is 5.73 Å². The van der Waals surface area contributed by atoms with Gasteiger partial charge in [-0.15, -0.1) is 12.4 Å². The molecule has 1 unspecified atom stereocenters. The minimum atomic E-state index is 0. The molecule has 2 saturated carbocycles. The number of hydrogen-bond acceptors (Lipinski definition) is 2. The molecule has 0 saturated heterocycles. The van der Waals surface area contributed by atoms with Crippen LogP contribution in [0, 0.1) is 17.8 Å². The summed E-state index contributed by atoms with van der Waals surface area (Å²) in [7, 11) is 0. The van der Waals surface area contributed by atoms with E-state index in [1.54, 1.807) is 0 Å². The lowest BCUT2D eigenvalue weighted by molar-refractivity contribution is -0.126. The number of rotatable bonds is 4. The molecule has 2 aliphatic rings. The zero-order valence-corrected chi connectivity index (χ0v) is 10.8. The van der Waals surface area contributed by atoms with Gasteiger partial charge in [-0.2, -0.15) is 0 Å². The molecular formula is C12H23ClN2O. The first kappa shape index (κ1) is 13.8. The highest BCUT2D eigenvalue weighted by molar-refractivity contribution is 5.85. The fourth-order valence-electron chi connectivity index (χ4n) is 2.71. The third-order valence-corrected chi connectivity index (χ3v) is 4.00. The summed E-state index contributed by atoms with van der Waals surface area (Å²) in [6.45, 7) is 2.79. The third-order valence-electron chi connectivity index (χ3n) is 4.00. The molecule has 0 aromatic heterocycles. The van der Waals surface area contributed by atoms with Gasteiger partial charge in [-0.25, -0.2) is 0 Å². The molecule has 0 aromatic carbocycles. The highest BCUT2D eigenvalue weighted by Gasteiger charge is 2.35. The largest absolute Gasteiger partial charge is 0.353 e. The second-order valence-corrected chi connectivity index (χ2v) is 5.17. The Bertz CT molecular complexity index is 243. The highest BCUT2D eigenvalue weighted by atomic mass is 35.5. The number of nitrogens with one attached hydrogen (secondary N) is 1. The molecule has 3 atom stereocenters. The van der Waals surface area contributed by atoms with Crippen LogP contribution in [0.5, 0.6) is 0 Å². The van der Waals surface area contributed by atoms with Crippen molar-refractivity contribution in [3.8, 4) is 0 Å². The van der Waals surface area contributed by atoms with Gasteiger partial charge >= 0.3 is 0 Å². The molecule has 0 aliphatic heterocycles. The van der Waals surface area contributed by atoms with Crippen molar-refractivity contribution in [1.29, 1.82) is 0 Å². The van der Waals surface area contributed by atoms with Crippen LogP contribution in [0.3, 0.4) is 0 Å². The second kappa shape index (κ2) is 5.87. The van der Waals surface area contributed by atoms with Gasteiger partial charge in [0.05, 0.1) is 0 Å². The average molecular weight is 247 g/mol. The first-order chi connectivity index (χ1) is 7.22. The smallest absolute Gasteiger partial charge is 0.223 e. The first-order valence-electron chi connectivity index (χ1n) is 6.22. The molecule has 1 amide bonds. The van der Waals surface area contributed by atoms with E-state index < -0.39 is 0 Å². The van der Waals surface area contributed by atoms with E-state index in [0.29, 0.717) is 18.5 Å². The molecule has 2 rings (SSSR count). The lowest BCUT2D eigenvalue weighted by Crippen LogP contribution is -2.40. The molecule has 2 aliphatic carbocycles. The minimum absolute atomic E-state index is 0. The molecule has 4 heteroatoms. The van der Waals surface area contributed by atoms with Crippen molar-refractivity contribution in [3.05, 3.63) is 0 Å². The Labute approximate surface area is 104 Å². The molecule has 16 heavy (non-hydrogen) atoms. The molecule has 2 fully saturated rings. The van der Waals surface area contributed by atoms with E-state index in [2.05, 4.69) is 12.2 Å². The van der Waals surface area contributed by atoms with Crippen molar-refractivity contribution in [2.45, 2.75) is 45.1 Å². The van der Waals surface area contributed by atoms with Crippen molar-refractivity contribution in [2.75, 3.05) is 6.54 Å². The first-order valence-corrected chi connectivity index (χ1v) is 6.22. The van der Waals surface area contributed by atoms with Crippen LogP contribution >= 0.6 is 12.4 Å². The molecule has 0 radical (unpaired) electrons. The Hall–Kier alpha value is -0.280. The quantitative estimate of drug-likeness (QED) is 0.793. The van der Waals surface area contributed by atoms with Crippen LogP contribution in [0.1, 0.15) is 39.0 Å². The number of carbonyl (C=O) groups excluding carboxylic acids is 1. The Morgan fingerprint density at radius 1 is 1.38 bits per heavy atom. The zero-order valence-electron chi connectivity index (χ0n) is 9.95. The fraction of sp³-hybridized carbons (Fsp3) is 0.917. The lowest BCUT2D eigenvalue weighted by Gasteiger charge is -2.20. The predicted octanol–water partition coefficient (Wildman–Crippen LogP) is 1.70. The lowest BCUT2D eigenvalue weighted by atomic mass is 9.95. The summed E-state index contributed by atoms with van der Waals surface area (Å²) < 4.78 is 0. The summed E-state index contributed by atoms with van der Waals surface area (Å²) in [6, 6.07) is 0.372. The summed E-state index contributed by atoms with van der Waals surface area (Å²) in [4.78, 5) is 12.0. The molecular weight excluding hydrogens is 224 g/mol. The second-order valence-electron chi connectivity index (χ2n) is 5.17. The van der Waals surface area contributed by atoms with Gasteiger partial charge in [0.2, 0.25) is 5.91 Å². The average Bonchev–Trinajstić information content (AvgIpc) is 2.96. The molecule has 0 spiro atoms. The Morgan fingerprint density at radius 3 is 2.62 bits per heavy atom. The van der Waals surface area contributed by atoms with Gasteiger partial charge in [0.1, 0.15) is 0 Å². The number of halogens is 1. The maximum atomic E-state index is 12.0. The van der Waals surface area contributed by atoms with Crippen molar-refractivity contribution < 1.29 is 4.79 Å². The van der Waals surface area contributed by atoms with Crippen molar-refractivity contribution in [1.82, 2.24) is 5.32 Å². The number of nitrogens with two attached hydrogens (primary N) is 1. The maximum Gasteiger partial charge on any atom is 0.223 e. The van der Waals surface area contributed by atoms with Crippen LogP contribution in [0.25, 0.3) is 0 Å². The molecule has 0 aromatic rings. The van der Waals surface area contributed by atoms with Crippen LogP contribution in [0.4, 0.5) is 0 Å². The van der Waals surface area contributed by atoms with Gasteiger partial charge in [0.25, 0.3) is 0 Å². The van der Waals surface area contributed by atoms with Crippen LogP contribution in [-0.2, 0) is 4.79 Å². The van der Waals surface area contributed by atoms with Gasteiger partial charge in [0, 0.05) is 12.0 Å². The summed E-state index contributed by atoms with van der Waals surface area (Å²) in [5.74, 6) is 1.61. The van der Waals surface area contributed by atoms with Crippen molar-refractivity contribution in [2.24, 2.45) is 23.5 Å². The Morgan fingerprint density at radius 2 is 2.06 bits per heavy atom. The monoisotopic (exact) mass is 246 g/mol. The highest BCUT2D eigenvalue weighted by Crippen LogP contribution is 2.34. The van der Waals surface area contributed by atoms with Crippen LogP contribution in [0.15, 0.2) is 0 Å². The number of hydrogen-bond donors (Lipinski definition) is 2. The van der Waals surface area contributed by atoms with Crippen molar-refractivity contribution in [3.63, 3.8) is 0 Å². The van der Waals surface area contributed by atoms with E-state index in [1.807, 2.05) is 0 Å². The zero-order chi connectivity index (χ0) is 10.8. The maximum absolute atomic E-state index is 12.0. The fourth-order valence-corrected chi connectivity index (χ4v) is 2.71. The van der Waals surface area contributed by atoms with Gasteiger partial charge in [-0.05, 0) is 51.0 Å². The summed E-state index contributed by atoms with van der Waals surface area (Å²) >= 11 is 0. The van der Waals surface area contributed by atoms with Crippen LogP contribution in [0.2, 0.25) is 0 Å². The Balaban J connectivity index is 0.00000128. The summed E-state index contributed by atoms with van der Waals surface area (Å²) in [6.07, 6.45) is 5.90. The number of amides is 1. The normalized spacial score (nSPS) is 30.6. The van der Waals surface area contributed by atoms with Crippen LogP contribution < -0.4 is 11.1 Å². The van der Waals surface area contributed by atoms with Gasteiger partial charge in [-0.1, -0.05) is 6.42 Å². The minimum Gasteiger partial charge on any atom is -0.353 e. The van der Waals surface area contributed by atoms with E-state index in [9.17, 15) is 4.79 Å². The van der Waals surface area contributed by atoms with Crippen LogP contribution in [-0.4, -0.2) is 18.5 Å². The predicted molar refractivity (Wildman–Crippen MR) is 67.5 cm³/mol. The van der Waals surface area contributed by atoms with E-state index in [1.165, 1.54) is 12.8 Å². The summed E-state index contributed by atoms with van der Waals surface area (Å²) in [5, 5.41) is 3.15. The SMILES string of the molecule is CC(NC(=O)[C@@H]1CCC[C@@H]1CN)C1CC1.Cl. The van der Waals surface area contributed by atoms with E-state index >= 15 is 0 Å². The molecule has 3 nitrogen and oxygen atoms in total. The standard InChI is InChI=1S/C12H22N2O.ClH/c1-8(9-5-6-9)14-12(15)11-4-2-3-10(11)7-13;/h8-11H,2-7,13H2,1H3,(H,14,15);1H/t8?,10-,11-;/m1./s1. The van der Waals surface area contributed by atoms with Crippen molar-refractivity contribution >= 4 is 18.3 Å². The molecule has 94 valence electrons. The topological polar surface area (TPSA) is 55.1 Å². The van der Waals surface area contributed by atoms with E-state index in [-0.39, 0.29) is 24.2 Å². The molecule has 0 heterocycles. The number of carbonyl (C=O) groups is 1. The van der Waals surface area contributed by atoms with Gasteiger partial charge in [-0.3, -0.25) is 4.79 Å². The van der Waals surface area contributed by atoms with Gasteiger partial charge in [0.15, 0.2) is 0 Å². The summed E-state index contributed by atoms with van der Waals surface area (Å²) in [5.41, 5.74) is 5.68.